The standard InChI is InChI=1S/C19H24N2O3S/c1-5-14-8-6-7-9-15(14)21-19(25)20-12-13-10-16(22-2)18(24-4)17(11-13)23-3/h6-11H,5,12H2,1-4H3,(H2,20,21,25). The van der Waals surface area contributed by atoms with Crippen molar-refractivity contribution in [2.75, 3.05) is 26.6 Å². The molecule has 0 aliphatic heterocycles. The largest absolute Gasteiger partial charge is 0.493 e. The van der Waals surface area contributed by atoms with Crippen LogP contribution in [0.5, 0.6) is 17.2 Å². The first kappa shape index (κ1) is 18.9. The van der Waals surface area contributed by atoms with Gasteiger partial charge in [-0.1, -0.05) is 25.1 Å². The number of anilines is 1. The number of thiocarbonyl (C=S) groups is 1. The van der Waals surface area contributed by atoms with Gasteiger partial charge in [-0.05, 0) is 48.0 Å². The normalized spacial score (nSPS) is 10.1. The average molecular weight is 360 g/mol. The third kappa shape index (κ3) is 4.76. The van der Waals surface area contributed by atoms with E-state index in [1.807, 2.05) is 30.3 Å². The van der Waals surface area contributed by atoms with Crippen LogP contribution in [0.15, 0.2) is 36.4 Å². The molecule has 0 aromatic heterocycles. The Labute approximate surface area is 154 Å². The molecule has 25 heavy (non-hydrogen) atoms. The van der Waals surface area contributed by atoms with E-state index in [0.29, 0.717) is 28.9 Å². The highest BCUT2D eigenvalue weighted by Crippen LogP contribution is 2.38. The molecular weight excluding hydrogens is 336 g/mol. The molecule has 2 aromatic carbocycles. The van der Waals surface area contributed by atoms with E-state index >= 15 is 0 Å². The van der Waals surface area contributed by atoms with E-state index in [0.717, 1.165) is 17.7 Å². The lowest BCUT2D eigenvalue weighted by Gasteiger charge is -2.16. The van der Waals surface area contributed by atoms with E-state index in [9.17, 15) is 0 Å². The predicted octanol–water partition coefficient (Wildman–Crippen LogP) is 3.76. The zero-order valence-corrected chi connectivity index (χ0v) is 15.8. The van der Waals surface area contributed by atoms with E-state index in [2.05, 4.69) is 23.6 Å². The van der Waals surface area contributed by atoms with Crippen molar-refractivity contribution in [3.05, 3.63) is 47.5 Å². The summed E-state index contributed by atoms with van der Waals surface area (Å²) in [5, 5.41) is 7.02. The molecule has 0 fully saturated rings. The number of benzene rings is 2. The number of hydrogen-bond donors (Lipinski definition) is 2. The van der Waals surface area contributed by atoms with Crippen molar-refractivity contribution in [1.82, 2.24) is 5.32 Å². The van der Waals surface area contributed by atoms with Crippen molar-refractivity contribution >= 4 is 23.0 Å². The number of methoxy groups -OCH3 is 3. The van der Waals surface area contributed by atoms with Gasteiger partial charge in [-0.15, -0.1) is 0 Å². The summed E-state index contributed by atoms with van der Waals surface area (Å²) in [7, 11) is 4.78. The molecule has 0 bridgehead atoms. The second kappa shape index (κ2) is 9.13. The molecule has 0 heterocycles. The van der Waals surface area contributed by atoms with Crippen molar-refractivity contribution in [3.8, 4) is 17.2 Å². The fourth-order valence-electron chi connectivity index (χ4n) is 2.54. The molecule has 0 aliphatic carbocycles. The van der Waals surface area contributed by atoms with Gasteiger partial charge in [0.15, 0.2) is 16.6 Å². The van der Waals surface area contributed by atoms with Crippen LogP contribution in [-0.4, -0.2) is 26.4 Å². The van der Waals surface area contributed by atoms with Crippen LogP contribution >= 0.6 is 12.2 Å². The molecule has 134 valence electrons. The summed E-state index contributed by atoms with van der Waals surface area (Å²) in [6.45, 7) is 2.66. The summed E-state index contributed by atoms with van der Waals surface area (Å²) in [5.74, 6) is 1.81. The molecule has 5 nitrogen and oxygen atoms in total. The minimum Gasteiger partial charge on any atom is -0.493 e. The zero-order chi connectivity index (χ0) is 18.2. The number of nitrogens with one attached hydrogen (secondary N) is 2. The molecule has 0 spiro atoms. The zero-order valence-electron chi connectivity index (χ0n) is 15.0. The highest BCUT2D eigenvalue weighted by atomic mass is 32.1. The maximum absolute atomic E-state index is 5.40. The first-order valence-electron chi connectivity index (χ1n) is 8.04. The molecule has 0 radical (unpaired) electrons. The minimum absolute atomic E-state index is 0.539. The van der Waals surface area contributed by atoms with Crippen LogP contribution in [0.2, 0.25) is 0 Å². The van der Waals surface area contributed by atoms with Crippen molar-refractivity contribution in [3.63, 3.8) is 0 Å². The second-order valence-corrected chi connectivity index (χ2v) is 5.76. The molecule has 2 rings (SSSR count). The van der Waals surface area contributed by atoms with E-state index in [4.69, 9.17) is 26.4 Å². The highest BCUT2D eigenvalue weighted by molar-refractivity contribution is 7.80. The molecule has 2 aromatic rings. The number of para-hydroxylation sites is 1. The van der Waals surface area contributed by atoms with Crippen LogP contribution in [0.1, 0.15) is 18.1 Å². The van der Waals surface area contributed by atoms with Gasteiger partial charge in [0.05, 0.1) is 21.3 Å². The van der Waals surface area contributed by atoms with Crippen molar-refractivity contribution in [2.45, 2.75) is 19.9 Å². The molecular formula is C19H24N2O3S. The molecule has 0 saturated heterocycles. The summed E-state index contributed by atoms with van der Waals surface area (Å²) in [6.07, 6.45) is 0.943. The Morgan fingerprint density at radius 2 is 1.64 bits per heavy atom. The minimum atomic E-state index is 0.539. The Morgan fingerprint density at radius 1 is 1.00 bits per heavy atom. The molecule has 0 amide bonds. The van der Waals surface area contributed by atoms with Crippen molar-refractivity contribution < 1.29 is 14.2 Å². The second-order valence-electron chi connectivity index (χ2n) is 5.35. The Kier molecular flexibility index (Phi) is 6.89. The van der Waals surface area contributed by atoms with Crippen LogP contribution in [0.25, 0.3) is 0 Å². The quantitative estimate of drug-likeness (QED) is 0.733. The Bertz CT molecular complexity index is 709. The number of hydrogen-bond acceptors (Lipinski definition) is 4. The third-order valence-electron chi connectivity index (χ3n) is 3.82. The first-order chi connectivity index (χ1) is 12.1. The third-order valence-corrected chi connectivity index (χ3v) is 4.07. The SMILES string of the molecule is CCc1ccccc1NC(=S)NCc1cc(OC)c(OC)c(OC)c1. The van der Waals surface area contributed by atoms with Crippen LogP contribution in [0.3, 0.4) is 0 Å². The summed E-state index contributed by atoms with van der Waals surface area (Å²) in [6, 6.07) is 11.9. The Hall–Kier alpha value is -2.47. The predicted molar refractivity (Wildman–Crippen MR) is 105 cm³/mol. The Morgan fingerprint density at radius 3 is 2.20 bits per heavy atom. The molecule has 2 N–H and O–H groups in total. The number of aryl methyl sites for hydroxylation is 1. The van der Waals surface area contributed by atoms with Gasteiger partial charge in [-0.3, -0.25) is 0 Å². The van der Waals surface area contributed by atoms with E-state index in [-0.39, 0.29) is 0 Å². The van der Waals surface area contributed by atoms with Crippen molar-refractivity contribution in [2.24, 2.45) is 0 Å². The van der Waals surface area contributed by atoms with Gasteiger partial charge in [-0.2, -0.15) is 0 Å². The van der Waals surface area contributed by atoms with Gasteiger partial charge in [0.1, 0.15) is 0 Å². The van der Waals surface area contributed by atoms with Crippen LogP contribution in [0, 0.1) is 0 Å². The maximum atomic E-state index is 5.40. The monoisotopic (exact) mass is 360 g/mol. The van der Waals surface area contributed by atoms with Gasteiger partial charge < -0.3 is 24.8 Å². The fourth-order valence-corrected chi connectivity index (χ4v) is 2.72. The highest BCUT2D eigenvalue weighted by Gasteiger charge is 2.13. The number of rotatable bonds is 7. The molecule has 0 saturated carbocycles. The summed E-state index contributed by atoms with van der Waals surface area (Å²) < 4.78 is 16.1. The molecule has 6 heteroatoms. The molecule has 0 unspecified atom stereocenters. The smallest absolute Gasteiger partial charge is 0.203 e. The van der Waals surface area contributed by atoms with Crippen LogP contribution in [0.4, 0.5) is 5.69 Å². The van der Waals surface area contributed by atoms with Gasteiger partial charge in [-0.25, -0.2) is 0 Å². The fraction of sp³-hybridized carbons (Fsp3) is 0.316. The summed E-state index contributed by atoms with van der Waals surface area (Å²) in [5.41, 5.74) is 3.22. The summed E-state index contributed by atoms with van der Waals surface area (Å²) >= 11 is 5.40. The van der Waals surface area contributed by atoms with E-state index < -0.39 is 0 Å². The van der Waals surface area contributed by atoms with Crippen LogP contribution < -0.4 is 24.8 Å². The maximum Gasteiger partial charge on any atom is 0.203 e. The number of ether oxygens (including phenoxy) is 3. The molecule has 0 aliphatic rings. The summed E-state index contributed by atoms with van der Waals surface area (Å²) in [4.78, 5) is 0. The van der Waals surface area contributed by atoms with E-state index in [1.165, 1.54) is 5.56 Å². The van der Waals surface area contributed by atoms with Gasteiger partial charge in [0, 0.05) is 12.2 Å². The lowest BCUT2D eigenvalue weighted by Crippen LogP contribution is -2.28. The first-order valence-corrected chi connectivity index (χ1v) is 8.45. The van der Waals surface area contributed by atoms with Gasteiger partial charge in [0.2, 0.25) is 5.75 Å². The lowest BCUT2D eigenvalue weighted by molar-refractivity contribution is 0.323. The van der Waals surface area contributed by atoms with E-state index in [1.54, 1.807) is 21.3 Å². The van der Waals surface area contributed by atoms with Crippen LogP contribution in [-0.2, 0) is 13.0 Å². The molecule has 0 atom stereocenters. The van der Waals surface area contributed by atoms with Gasteiger partial charge in [0.25, 0.3) is 0 Å². The average Bonchev–Trinajstić information content (AvgIpc) is 2.65. The van der Waals surface area contributed by atoms with Crippen molar-refractivity contribution in [1.29, 1.82) is 0 Å². The Balaban J connectivity index is 2.06. The topological polar surface area (TPSA) is 51.8 Å². The van der Waals surface area contributed by atoms with Gasteiger partial charge >= 0.3 is 0 Å². The lowest BCUT2D eigenvalue weighted by atomic mass is 10.1.